The molecule has 0 radical (unpaired) electrons. The maximum absolute atomic E-state index is 6.05. The molecule has 0 atom stereocenters. The van der Waals surface area contributed by atoms with Crippen LogP contribution >= 0.6 is 12.2 Å². The van der Waals surface area contributed by atoms with E-state index in [9.17, 15) is 0 Å². The van der Waals surface area contributed by atoms with Crippen LogP contribution in [0.3, 0.4) is 0 Å². The van der Waals surface area contributed by atoms with Gasteiger partial charge in [0.2, 0.25) is 0 Å². The van der Waals surface area contributed by atoms with Crippen LogP contribution in [0.5, 0.6) is 17.2 Å². The van der Waals surface area contributed by atoms with E-state index in [1.54, 1.807) is 25.7 Å². The molecular weight excluding hydrogens is 352 g/mol. The second-order valence-electron chi connectivity index (χ2n) is 6.35. The number of nitrogens with zero attached hydrogens (tertiary/aromatic N) is 5. The van der Waals surface area contributed by atoms with Crippen molar-refractivity contribution in [1.82, 2.24) is 28.9 Å². The third kappa shape index (κ3) is 2.27. The number of methoxy groups -OCH3 is 1. The van der Waals surface area contributed by atoms with Gasteiger partial charge in [-0.3, -0.25) is 4.40 Å². The van der Waals surface area contributed by atoms with E-state index < -0.39 is 0 Å². The Morgan fingerprint density at radius 2 is 2.04 bits per heavy atom. The van der Waals surface area contributed by atoms with Crippen LogP contribution in [0.25, 0.3) is 16.8 Å². The number of nitrogens with one attached hydrogen (secondary N) is 1. The highest BCUT2D eigenvalue weighted by molar-refractivity contribution is 7.71. The minimum absolute atomic E-state index is 0.499. The van der Waals surface area contributed by atoms with Crippen LogP contribution in [0.15, 0.2) is 24.8 Å². The summed E-state index contributed by atoms with van der Waals surface area (Å²) < 4.78 is 16.0. The standard InChI is InChI=1S/C17H16N6O2S/c1-22-13-14(24-2)11(6-19-15(13)21-17(22)26)25-10-5-18-12-7-20-16(9-3-4-9)23(12)8-10/h5-9H,3-4H2,1-2H3,(H,19,21,26). The van der Waals surface area contributed by atoms with Gasteiger partial charge in [0.1, 0.15) is 11.3 Å². The van der Waals surface area contributed by atoms with Crippen LogP contribution in [0.4, 0.5) is 0 Å². The molecule has 0 amide bonds. The quantitative estimate of drug-likeness (QED) is 0.556. The van der Waals surface area contributed by atoms with Gasteiger partial charge in [-0.1, -0.05) is 0 Å². The molecule has 1 fully saturated rings. The van der Waals surface area contributed by atoms with Gasteiger partial charge in [0.05, 0.1) is 31.9 Å². The predicted molar refractivity (Wildman–Crippen MR) is 97.5 cm³/mol. The summed E-state index contributed by atoms with van der Waals surface area (Å²) in [6, 6.07) is 0. The van der Waals surface area contributed by atoms with E-state index in [1.165, 1.54) is 12.8 Å². The number of pyridine rings is 1. The number of rotatable bonds is 4. The smallest absolute Gasteiger partial charge is 0.190 e. The van der Waals surface area contributed by atoms with Crippen molar-refractivity contribution in [3.05, 3.63) is 35.4 Å². The molecule has 0 aromatic carbocycles. The molecular formula is C17H16N6O2S. The Morgan fingerprint density at radius 1 is 1.19 bits per heavy atom. The molecule has 0 saturated heterocycles. The fourth-order valence-electron chi connectivity index (χ4n) is 3.13. The summed E-state index contributed by atoms with van der Waals surface area (Å²) in [7, 11) is 3.45. The number of aromatic nitrogens is 6. The Balaban J connectivity index is 1.60. The lowest BCUT2D eigenvalue weighted by Gasteiger charge is -2.11. The first kappa shape index (κ1) is 15.3. The number of hydrogen-bond acceptors (Lipinski definition) is 6. The molecule has 26 heavy (non-hydrogen) atoms. The van der Waals surface area contributed by atoms with Gasteiger partial charge in [-0.25, -0.2) is 15.0 Å². The molecule has 1 N–H and O–H groups in total. The lowest BCUT2D eigenvalue weighted by Crippen LogP contribution is -1.98. The first-order chi connectivity index (χ1) is 12.7. The van der Waals surface area contributed by atoms with Crippen LogP contribution in [0.1, 0.15) is 24.6 Å². The molecule has 5 rings (SSSR count). The van der Waals surface area contributed by atoms with Gasteiger partial charge >= 0.3 is 0 Å². The number of imidazole rings is 2. The molecule has 0 unspecified atom stereocenters. The van der Waals surface area contributed by atoms with E-state index in [4.69, 9.17) is 21.7 Å². The summed E-state index contributed by atoms with van der Waals surface area (Å²) in [5, 5.41) is 0. The molecule has 4 heterocycles. The highest BCUT2D eigenvalue weighted by atomic mass is 32.1. The predicted octanol–water partition coefficient (Wildman–Crippen LogP) is 3.35. The van der Waals surface area contributed by atoms with E-state index >= 15 is 0 Å². The van der Waals surface area contributed by atoms with Gasteiger partial charge in [-0.05, 0) is 25.1 Å². The molecule has 0 aliphatic heterocycles. The lowest BCUT2D eigenvalue weighted by molar-refractivity contribution is 0.379. The maximum atomic E-state index is 6.05. The second kappa shape index (κ2) is 5.53. The molecule has 4 aromatic rings. The summed E-state index contributed by atoms with van der Waals surface area (Å²) >= 11 is 5.27. The fraction of sp³-hybridized carbons (Fsp3) is 0.294. The largest absolute Gasteiger partial charge is 0.491 e. The van der Waals surface area contributed by atoms with Crippen molar-refractivity contribution in [2.24, 2.45) is 7.05 Å². The normalized spacial score (nSPS) is 14.2. The Bertz CT molecular complexity index is 1200. The number of aromatic amines is 1. The van der Waals surface area contributed by atoms with Gasteiger partial charge in [-0.15, -0.1) is 0 Å². The molecule has 9 heteroatoms. The van der Waals surface area contributed by atoms with Crippen LogP contribution in [0.2, 0.25) is 0 Å². The third-order valence-corrected chi connectivity index (χ3v) is 4.98. The highest BCUT2D eigenvalue weighted by Gasteiger charge is 2.28. The van der Waals surface area contributed by atoms with Crippen LogP contribution < -0.4 is 9.47 Å². The van der Waals surface area contributed by atoms with Gasteiger partial charge in [0.25, 0.3) is 0 Å². The Kier molecular flexibility index (Phi) is 3.26. The SMILES string of the molecule is COc1c(Oc2cnc3cnc(C4CC4)n3c2)cnc2[nH]c(=S)n(C)c12. The average Bonchev–Trinajstić information content (AvgIpc) is 3.34. The van der Waals surface area contributed by atoms with Crippen molar-refractivity contribution in [3.63, 3.8) is 0 Å². The molecule has 1 aliphatic carbocycles. The first-order valence-corrected chi connectivity index (χ1v) is 8.69. The minimum atomic E-state index is 0.499. The molecule has 8 nitrogen and oxygen atoms in total. The zero-order valence-corrected chi connectivity index (χ0v) is 15.1. The Hall–Kier alpha value is -2.94. The highest BCUT2D eigenvalue weighted by Crippen LogP contribution is 2.40. The van der Waals surface area contributed by atoms with E-state index in [2.05, 4.69) is 19.9 Å². The van der Waals surface area contributed by atoms with Crippen LogP contribution in [-0.2, 0) is 7.05 Å². The third-order valence-electron chi connectivity index (χ3n) is 4.60. The van der Waals surface area contributed by atoms with E-state index in [1.807, 2.05) is 22.2 Å². The molecule has 132 valence electrons. The topological polar surface area (TPSA) is 82.3 Å². The Morgan fingerprint density at radius 3 is 2.81 bits per heavy atom. The number of H-pyrrole nitrogens is 1. The zero-order valence-electron chi connectivity index (χ0n) is 14.3. The molecule has 0 bridgehead atoms. The van der Waals surface area contributed by atoms with Crippen molar-refractivity contribution >= 4 is 29.0 Å². The average molecular weight is 368 g/mol. The number of ether oxygens (including phenoxy) is 2. The number of aryl methyl sites for hydroxylation is 1. The van der Waals surface area contributed by atoms with Crippen molar-refractivity contribution in [2.45, 2.75) is 18.8 Å². The van der Waals surface area contributed by atoms with E-state index in [0.29, 0.717) is 33.6 Å². The monoisotopic (exact) mass is 368 g/mol. The lowest BCUT2D eigenvalue weighted by atomic mass is 10.3. The van der Waals surface area contributed by atoms with Crippen molar-refractivity contribution in [1.29, 1.82) is 0 Å². The first-order valence-electron chi connectivity index (χ1n) is 8.28. The van der Waals surface area contributed by atoms with Gasteiger partial charge in [0.15, 0.2) is 33.3 Å². The number of fused-ring (bicyclic) bond motifs is 2. The Labute approximate surface area is 153 Å². The molecule has 0 spiro atoms. The minimum Gasteiger partial charge on any atom is -0.491 e. The summed E-state index contributed by atoms with van der Waals surface area (Å²) in [5.41, 5.74) is 2.22. The van der Waals surface area contributed by atoms with Crippen LogP contribution in [0, 0.1) is 4.77 Å². The summed E-state index contributed by atoms with van der Waals surface area (Å²) in [5.74, 6) is 3.21. The summed E-state index contributed by atoms with van der Waals surface area (Å²) in [6.45, 7) is 0. The molecule has 1 saturated carbocycles. The van der Waals surface area contributed by atoms with Crippen molar-refractivity contribution < 1.29 is 9.47 Å². The fourth-order valence-corrected chi connectivity index (χ4v) is 3.32. The zero-order chi connectivity index (χ0) is 17.8. The van der Waals surface area contributed by atoms with Gasteiger partial charge in [-0.2, -0.15) is 0 Å². The second-order valence-corrected chi connectivity index (χ2v) is 6.74. The molecule has 4 aromatic heterocycles. The molecule has 1 aliphatic rings. The summed E-state index contributed by atoms with van der Waals surface area (Å²) in [4.78, 5) is 16.4. The van der Waals surface area contributed by atoms with Gasteiger partial charge < -0.3 is 19.0 Å². The number of hydrogen-bond donors (Lipinski definition) is 1. The summed E-state index contributed by atoms with van der Waals surface area (Å²) in [6.07, 6.45) is 9.33. The van der Waals surface area contributed by atoms with Crippen LogP contribution in [-0.4, -0.2) is 36.0 Å². The van der Waals surface area contributed by atoms with Crippen molar-refractivity contribution in [3.8, 4) is 17.2 Å². The van der Waals surface area contributed by atoms with E-state index in [-0.39, 0.29) is 0 Å². The maximum Gasteiger partial charge on any atom is 0.190 e. The van der Waals surface area contributed by atoms with Crippen molar-refractivity contribution in [2.75, 3.05) is 7.11 Å². The van der Waals surface area contributed by atoms with Gasteiger partial charge in [0, 0.05) is 13.0 Å². The van der Waals surface area contributed by atoms with E-state index in [0.717, 1.165) is 17.0 Å².